The first-order valence-electron chi connectivity index (χ1n) is 7.38. The zero-order valence-corrected chi connectivity index (χ0v) is 14.2. The van der Waals surface area contributed by atoms with E-state index in [0.717, 1.165) is 16.6 Å². The predicted molar refractivity (Wildman–Crippen MR) is 98.0 cm³/mol. The van der Waals surface area contributed by atoms with Crippen molar-refractivity contribution in [3.8, 4) is 11.4 Å². The van der Waals surface area contributed by atoms with Crippen LogP contribution < -0.4 is 0 Å². The van der Waals surface area contributed by atoms with Gasteiger partial charge in [-0.15, -0.1) is 0 Å². The summed E-state index contributed by atoms with van der Waals surface area (Å²) in [5.74, 6) is 0.611. The van der Waals surface area contributed by atoms with Gasteiger partial charge in [0.15, 0.2) is 0 Å². The molecule has 0 N–H and O–H groups in total. The Morgan fingerprint density at radius 1 is 1.00 bits per heavy atom. The molecule has 0 aliphatic rings. The normalized spacial score (nSPS) is 11.8. The number of hydrogen-bond acceptors (Lipinski definition) is 5. The second-order valence-corrected chi connectivity index (χ2v) is 6.05. The molecule has 2 heterocycles. The van der Waals surface area contributed by atoms with Crippen molar-refractivity contribution in [2.75, 3.05) is 0 Å². The molecular weight excluding hydrogens is 359 g/mol. The SMILES string of the molecule is Cl/C(=C\c1cnc2ccccc2n1)c1nc(-c2cccc(Cl)c2)no1. The number of nitrogens with zero attached hydrogens (tertiary/aromatic N) is 4. The van der Waals surface area contributed by atoms with Gasteiger partial charge in [-0.1, -0.05) is 52.6 Å². The van der Waals surface area contributed by atoms with Crippen LogP contribution in [0.25, 0.3) is 33.5 Å². The number of aromatic nitrogens is 4. The molecular formula is C18H10Cl2N4O. The number of para-hydroxylation sites is 2. The number of hydrogen-bond donors (Lipinski definition) is 0. The Kier molecular flexibility index (Phi) is 4.17. The van der Waals surface area contributed by atoms with Crippen LogP contribution in [0.2, 0.25) is 5.02 Å². The van der Waals surface area contributed by atoms with Crippen LogP contribution in [-0.2, 0) is 0 Å². The summed E-state index contributed by atoms with van der Waals surface area (Å²) in [6.45, 7) is 0. The minimum absolute atomic E-state index is 0.201. The fourth-order valence-corrected chi connectivity index (χ4v) is 2.68. The highest BCUT2D eigenvalue weighted by molar-refractivity contribution is 6.50. The molecule has 0 aliphatic carbocycles. The first-order valence-corrected chi connectivity index (χ1v) is 8.14. The van der Waals surface area contributed by atoms with Crippen LogP contribution in [0.1, 0.15) is 11.6 Å². The lowest BCUT2D eigenvalue weighted by atomic mass is 10.2. The van der Waals surface area contributed by atoms with E-state index >= 15 is 0 Å². The molecule has 0 bridgehead atoms. The molecule has 4 aromatic rings. The average molecular weight is 369 g/mol. The van der Waals surface area contributed by atoms with Gasteiger partial charge in [-0.25, -0.2) is 4.98 Å². The Hall–Kier alpha value is -2.76. The highest BCUT2D eigenvalue weighted by Crippen LogP contribution is 2.25. The third-order valence-corrected chi connectivity index (χ3v) is 3.96. The summed E-state index contributed by atoms with van der Waals surface area (Å²) in [7, 11) is 0. The van der Waals surface area contributed by atoms with Crippen LogP contribution in [0, 0.1) is 0 Å². The van der Waals surface area contributed by atoms with Crippen molar-refractivity contribution >= 4 is 45.3 Å². The van der Waals surface area contributed by atoms with E-state index in [9.17, 15) is 0 Å². The average Bonchev–Trinajstić information content (AvgIpc) is 3.12. The van der Waals surface area contributed by atoms with E-state index in [1.54, 1.807) is 24.4 Å². The summed E-state index contributed by atoms with van der Waals surface area (Å²) < 4.78 is 5.23. The van der Waals surface area contributed by atoms with Crippen LogP contribution in [0.3, 0.4) is 0 Å². The van der Waals surface area contributed by atoms with Crippen molar-refractivity contribution in [3.05, 3.63) is 71.3 Å². The molecule has 0 amide bonds. The lowest BCUT2D eigenvalue weighted by Gasteiger charge is -1.98. The summed E-state index contributed by atoms with van der Waals surface area (Å²) in [6.07, 6.45) is 3.27. The molecule has 2 aromatic carbocycles. The second-order valence-electron chi connectivity index (χ2n) is 5.21. The Labute approximate surface area is 152 Å². The topological polar surface area (TPSA) is 64.7 Å². The third kappa shape index (κ3) is 3.38. The molecule has 0 atom stereocenters. The van der Waals surface area contributed by atoms with Crippen LogP contribution in [0.15, 0.2) is 59.3 Å². The Morgan fingerprint density at radius 2 is 1.84 bits per heavy atom. The van der Waals surface area contributed by atoms with Crippen molar-refractivity contribution in [2.24, 2.45) is 0 Å². The zero-order valence-electron chi connectivity index (χ0n) is 12.7. The largest absolute Gasteiger partial charge is 0.333 e. The van der Waals surface area contributed by atoms with Gasteiger partial charge >= 0.3 is 0 Å². The Bertz CT molecular complexity index is 1090. The molecule has 122 valence electrons. The monoisotopic (exact) mass is 368 g/mol. The molecule has 0 spiro atoms. The standard InChI is InChI=1S/C18H10Cl2N4O/c19-12-5-3-4-11(8-12)17-23-18(25-24-17)14(20)9-13-10-21-15-6-1-2-7-16(15)22-13/h1-10H/b14-9-. The summed E-state index contributed by atoms with van der Waals surface area (Å²) in [4.78, 5) is 13.1. The number of rotatable bonds is 3. The fourth-order valence-electron chi connectivity index (χ4n) is 2.30. The van der Waals surface area contributed by atoms with E-state index in [4.69, 9.17) is 27.7 Å². The Morgan fingerprint density at radius 3 is 2.68 bits per heavy atom. The van der Waals surface area contributed by atoms with Crippen molar-refractivity contribution < 1.29 is 4.52 Å². The zero-order chi connectivity index (χ0) is 17.2. The summed E-state index contributed by atoms with van der Waals surface area (Å²) >= 11 is 12.3. The number of fused-ring (bicyclic) bond motifs is 1. The minimum Gasteiger partial charge on any atom is -0.333 e. The quantitative estimate of drug-likeness (QED) is 0.504. The van der Waals surface area contributed by atoms with Gasteiger partial charge in [0.1, 0.15) is 5.03 Å². The van der Waals surface area contributed by atoms with E-state index in [1.807, 2.05) is 36.4 Å². The molecule has 0 saturated carbocycles. The van der Waals surface area contributed by atoms with Crippen LogP contribution >= 0.6 is 23.2 Å². The molecule has 7 heteroatoms. The molecule has 5 nitrogen and oxygen atoms in total. The van der Waals surface area contributed by atoms with E-state index in [2.05, 4.69) is 20.1 Å². The van der Waals surface area contributed by atoms with E-state index in [-0.39, 0.29) is 10.9 Å². The summed E-state index contributed by atoms with van der Waals surface area (Å²) in [6, 6.07) is 14.8. The van der Waals surface area contributed by atoms with Crippen molar-refractivity contribution in [2.45, 2.75) is 0 Å². The van der Waals surface area contributed by atoms with Gasteiger partial charge in [-0.3, -0.25) is 4.98 Å². The third-order valence-electron chi connectivity index (χ3n) is 3.45. The minimum atomic E-state index is 0.201. The van der Waals surface area contributed by atoms with Gasteiger partial charge in [0.05, 0.1) is 22.9 Å². The summed E-state index contributed by atoms with van der Waals surface area (Å²) in [5, 5.41) is 4.81. The molecule has 0 radical (unpaired) electrons. The van der Waals surface area contributed by atoms with Gasteiger partial charge in [-0.05, 0) is 30.3 Å². The van der Waals surface area contributed by atoms with Crippen molar-refractivity contribution in [1.82, 2.24) is 20.1 Å². The van der Waals surface area contributed by atoms with Crippen LogP contribution in [0.5, 0.6) is 0 Å². The van der Waals surface area contributed by atoms with Gasteiger partial charge < -0.3 is 4.52 Å². The highest BCUT2D eigenvalue weighted by Gasteiger charge is 2.12. The van der Waals surface area contributed by atoms with Gasteiger partial charge in [-0.2, -0.15) is 4.98 Å². The van der Waals surface area contributed by atoms with Crippen molar-refractivity contribution in [3.63, 3.8) is 0 Å². The maximum Gasteiger partial charge on any atom is 0.269 e. The maximum atomic E-state index is 6.30. The van der Waals surface area contributed by atoms with Crippen molar-refractivity contribution in [1.29, 1.82) is 0 Å². The summed E-state index contributed by atoms with van der Waals surface area (Å²) in [5.41, 5.74) is 2.95. The molecule has 25 heavy (non-hydrogen) atoms. The second kappa shape index (κ2) is 6.63. The first-order chi connectivity index (χ1) is 12.2. The lowest BCUT2D eigenvalue weighted by Crippen LogP contribution is -1.87. The first kappa shape index (κ1) is 15.7. The molecule has 0 saturated heterocycles. The highest BCUT2D eigenvalue weighted by atomic mass is 35.5. The fraction of sp³-hybridized carbons (Fsp3) is 0. The van der Waals surface area contributed by atoms with Gasteiger partial charge in [0, 0.05) is 10.6 Å². The van der Waals surface area contributed by atoms with E-state index < -0.39 is 0 Å². The molecule has 2 aromatic heterocycles. The van der Waals surface area contributed by atoms with Crippen LogP contribution in [0.4, 0.5) is 0 Å². The predicted octanol–water partition coefficient (Wildman–Crippen LogP) is 5.07. The Balaban J connectivity index is 1.65. The smallest absolute Gasteiger partial charge is 0.269 e. The van der Waals surface area contributed by atoms with E-state index in [1.165, 1.54) is 0 Å². The molecule has 0 unspecified atom stereocenters. The van der Waals surface area contributed by atoms with Crippen LogP contribution in [-0.4, -0.2) is 20.1 Å². The molecule has 4 rings (SSSR count). The lowest BCUT2D eigenvalue weighted by molar-refractivity contribution is 0.410. The molecule has 0 aliphatic heterocycles. The van der Waals surface area contributed by atoms with Gasteiger partial charge in [0.25, 0.3) is 5.89 Å². The number of benzene rings is 2. The van der Waals surface area contributed by atoms with Gasteiger partial charge in [0.2, 0.25) is 5.82 Å². The number of halogens is 2. The molecule has 0 fully saturated rings. The maximum absolute atomic E-state index is 6.30. The van der Waals surface area contributed by atoms with E-state index in [0.29, 0.717) is 16.5 Å².